The number of methoxy groups -OCH3 is 1. The Kier molecular flexibility index (Phi) is 2.46. The van der Waals surface area contributed by atoms with Crippen LogP contribution in [0.25, 0.3) is 11.5 Å². The molecule has 1 aromatic carbocycles. The van der Waals surface area contributed by atoms with E-state index in [4.69, 9.17) is 9.15 Å². The summed E-state index contributed by atoms with van der Waals surface area (Å²) >= 11 is 0. The molecule has 0 aliphatic carbocycles. The molecule has 0 unspecified atom stereocenters. The van der Waals surface area contributed by atoms with E-state index < -0.39 is 0 Å². The van der Waals surface area contributed by atoms with E-state index in [0.29, 0.717) is 5.89 Å². The Morgan fingerprint density at radius 1 is 1.27 bits per heavy atom. The van der Waals surface area contributed by atoms with Crippen LogP contribution < -0.4 is 4.74 Å². The van der Waals surface area contributed by atoms with Crippen molar-refractivity contribution in [1.82, 2.24) is 4.98 Å². The summed E-state index contributed by atoms with van der Waals surface area (Å²) in [6.45, 7) is 3.90. The molecule has 78 valence electrons. The van der Waals surface area contributed by atoms with E-state index in [1.165, 1.54) is 0 Å². The number of rotatable bonds is 2. The highest BCUT2D eigenvalue weighted by molar-refractivity contribution is 5.60. The fourth-order valence-corrected chi connectivity index (χ4v) is 1.48. The predicted molar refractivity (Wildman–Crippen MR) is 58.0 cm³/mol. The monoisotopic (exact) mass is 203 g/mol. The zero-order chi connectivity index (χ0) is 10.8. The van der Waals surface area contributed by atoms with Crippen molar-refractivity contribution in [3.05, 3.63) is 35.7 Å². The van der Waals surface area contributed by atoms with E-state index in [1.54, 1.807) is 13.3 Å². The first-order valence-electron chi connectivity index (χ1n) is 4.78. The first-order chi connectivity index (χ1) is 7.20. The van der Waals surface area contributed by atoms with Crippen LogP contribution in [0.3, 0.4) is 0 Å². The second-order valence-electron chi connectivity index (χ2n) is 3.46. The molecule has 0 spiro atoms. The molecule has 0 aliphatic heterocycles. The van der Waals surface area contributed by atoms with Crippen LogP contribution in [0.4, 0.5) is 0 Å². The Morgan fingerprint density at radius 2 is 2.07 bits per heavy atom. The number of hydrogen-bond donors (Lipinski definition) is 0. The minimum Gasteiger partial charge on any atom is -0.497 e. The average molecular weight is 203 g/mol. The topological polar surface area (TPSA) is 35.3 Å². The van der Waals surface area contributed by atoms with Gasteiger partial charge in [-0.1, -0.05) is 0 Å². The molecule has 0 radical (unpaired) electrons. The number of aryl methyl sites for hydroxylation is 2. The minimum absolute atomic E-state index is 0.660. The van der Waals surface area contributed by atoms with Crippen LogP contribution in [0.1, 0.15) is 11.3 Å². The molecule has 1 aromatic heterocycles. The third kappa shape index (κ3) is 1.86. The van der Waals surface area contributed by atoms with Gasteiger partial charge in [0, 0.05) is 5.56 Å². The number of aromatic nitrogens is 1. The lowest BCUT2D eigenvalue weighted by Gasteiger charge is -2.04. The molecule has 2 aromatic rings. The number of benzene rings is 1. The second-order valence-corrected chi connectivity index (χ2v) is 3.46. The van der Waals surface area contributed by atoms with Gasteiger partial charge in [0.15, 0.2) is 0 Å². The lowest BCUT2D eigenvalue weighted by molar-refractivity contribution is 0.414. The van der Waals surface area contributed by atoms with Gasteiger partial charge in [-0.2, -0.15) is 0 Å². The first-order valence-corrected chi connectivity index (χ1v) is 4.78. The van der Waals surface area contributed by atoms with E-state index in [2.05, 4.69) is 4.98 Å². The van der Waals surface area contributed by atoms with Crippen molar-refractivity contribution in [3.8, 4) is 17.2 Å². The number of ether oxygens (including phenoxy) is 1. The zero-order valence-electron chi connectivity index (χ0n) is 9.07. The molecule has 2 rings (SSSR count). The van der Waals surface area contributed by atoms with Gasteiger partial charge in [0.1, 0.15) is 11.5 Å². The highest BCUT2D eigenvalue weighted by Gasteiger charge is 2.08. The SMILES string of the molecule is COc1ccc(-c2ncc(C)o2)c(C)c1. The van der Waals surface area contributed by atoms with Crippen molar-refractivity contribution < 1.29 is 9.15 Å². The smallest absolute Gasteiger partial charge is 0.226 e. The minimum atomic E-state index is 0.660. The molecule has 0 atom stereocenters. The summed E-state index contributed by atoms with van der Waals surface area (Å²) in [6.07, 6.45) is 1.72. The molecule has 1 heterocycles. The Morgan fingerprint density at radius 3 is 2.60 bits per heavy atom. The summed E-state index contributed by atoms with van der Waals surface area (Å²) in [5.41, 5.74) is 2.10. The lowest BCUT2D eigenvalue weighted by atomic mass is 10.1. The Balaban J connectivity index is 2.45. The van der Waals surface area contributed by atoms with E-state index in [0.717, 1.165) is 22.6 Å². The summed E-state index contributed by atoms with van der Waals surface area (Å²) in [6, 6.07) is 5.83. The zero-order valence-corrected chi connectivity index (χ0v) is 9.07. The molecule has 0 bridgehead atoms. The van der Waals surface area contributed by atoms with Crippen molar-refractivity contribution >= 4 is 0 Å². The standard InChI is InChI=1S/C12H13NO2/c1-8-6-10(14-3)4-5-11(8)12-13-7-9(2)15-12/h4-7H,1-3H3. The highest BCUT2D eigenvalue weighted by atomic mass is 16.5. The van der Waals surface area contributed by atoms with Gasteiger partial charge < -0.3 is 9.15 Å². The maximum atomic E-state index is 5.47. The van der Waals surface area contributed by atoms with Gasteiger partial charge in [-0.25, -0.2) is 4.98 Å². The van der Waals surface area contributed by atoms with E-state index in [-0.39, 0.29) is 0 Å². The van der Waals surface area contributed by atoms with Crippen molar-refractivity contribution in [3.63, 3.8) is 0 Å². The van der Waals surface area contributed by atoms with E-state index in [1.807, 2.05) is 32.0 Å². The van der Waals surface area contributed by atoms with Crippen LogP contribution in [-0.2, 0) is 0 Å². The Hall–Kier alpha value is -1.77. The highest BCUT2D eigenvalue weighted by Crippen LogP contribution is 2.26. The average Bonchev–Trinajstić information content (AvgIpc) is 2.64. The van der Waals surface area contributed by atoms with Crippen molar-refractivity contribution in [2.75, 3.05) is 7.11 Å². The fraction of sp³-hybridized carbons (Fsp3) is 0.250. The molecule has 0 saturated heterocycles. The molecule has 0 aliphatic rings. The summed E-state index contributed by atoms with van der Waals surface area (Å²) in [5, 5.41) is 0. The Bertz CT molecular complexity index is 474. The van der Waals surface area contributed by atoms with Crippen molar-refractivity contribution in [2.24, 2.45) is 0 Å². The van der Waals surface area contributed by atoms with Crippen LogP contribution >= 0.6 is 0 Å². The molecule has 3 heteroatoms. The van der Waals surface area contributed by atoms with Gasteiger partial charge in [-0.05, 0) is 37.6 Å². The lowest BCUT2D eigenvalue weighted by Crippen LogP contribution is -1.87. The maximum Gasteiger partial charge on any atom is 0.226 e. The third-order valence-electron chi connectivity index (χ3n) is 2.29. The third-order valence-corrected chi connectivity index (χ3v) is 2.29. The van der Waals surface area contributed by atoms with Gasteiger partial charge in [-0.3, -0.25) is 0 Å². The van der Waals surface area contributed by atoms with Gasteiger partial charge in [0.25, 0.3) is 0 Å². The van der Waals surface area contributed by atoms with Gasteiger partial charge >= 0.3 is 0 Å². The molecular formula is C12H13NO2. The van der Waals surface area contributed by atoms with Crippen LogP contribution in [0.15, 0.2) is 28.8 Å². The molecule has 3 nitrogen and oxygen atoms in total. The normalized spacial score (nSPS) is 10.3. The van der Waals surface area contributed by atoms with Crippen LogP contribution in [0.2, 0.25) is 0 Å². The molecule has 0 N–H and O–H groups in total. The van der Waals surface area contributed by atoms with Crippen LogP contribution in [0, 0.1) is 13.8 Å². The summed E-state index contributed by atoms with van der Waals surface area (Å²) in [7, 11) is 1.66. The van der Waals surface area contributed by atoms with E-state index in [9.17, 15) is 0 Å². The maximum absolute atomic E-state index is 5.47. The summed E-state index contributed by atoms with van der Waals surface area (Å²) in [5.74, 6) is 2.33. The van der Waals surface area contributed by atoms with Crippen LogP contribution in [0.5, 0.6) is 5.75 Å². The van der Waals surface area contributed by atoms with Crippen LogP contribution in [-0.4, -0.2) is 12.1 Å². The molecule has 0 fully saturated rings. The largest absolute Gasteiger partial charge is 0.497 e. The van der Waals surface area contributed by atoms with E-state index >= 15 is 0 Å². The fourth-order valence-electron chi connectivity index (χ4n) is 1.48. The van der Waals surface area contributed by atoms with Crippen molar-refractivity contribution in [1.29, 1.82) is 0 Å². The van der Waals surface area contributed by atoms with Gasteiger partial charge in [0.2, 0.25) is 5.89 Å². The Labute approximate surface area is 88.7 Å². The first kappa shape index (κ1) is 9.77. The number of nitrogens with zero attached hydrogens (tertiary/aromatic N) is 1. The quantitative estimate of drug-likeness (QED) is 0.752. The summed E-state index contributed by atoms with van der Waals surface area (Å²) < 4.78 is 10.6. The van der Waals surface area contributed by atoms with Gasteiger partial charge in [-0.15, -0.1) is 0 Å². The molecular weight excluding hydrogens is 190 g/mol. The number of oxazole rings is 1. The predicted octanol–water partition coefficient (Wildman–Crippen LogP) is 2.97. The van der Waals surface area contributed by atoms with Gasteiger partial charge in [0.05, 0.1) is 13.3 Å². The molecule has 15 heavy (non-hydrogen) atoms. The molecule has 0 saturated carbocycles. The number of hydrogen-bond acceptors (Lipinski definition) is 3. The second kappa shape index (κ2) is 3.77. The molecule has 0 amide bonds. The summed E-state index contributed by atoms with van der Waals surface area (Å²) in [4.78, 5) is 4.19. The van der Waals surface area contributed by atoms with Crippen molar-refractivity contribution in [2.45, 2.75) is 13.8 Å².